The zero-order chi connectivity index (χ0) is 12.5. The maximum atomic E-state index is 11.7. The average molecular weight is 244 g/mol. The normalized spacial score (nSPS) is 11.2. The van der Waals surface area contributed by atoms with Gasteiger partial charge in [0.05, 0.1) is 0 Å². The van der Waals surface area contributed by atoms with Crippen molar-refractivity contribution in [2.24, 2.45) is 0 Å². The van der Waals surface area contributed by atoms with Crippen molar-refractivity contribution < 1.29 is 4.42 Å². The van der Waals surface area contributed by atoms with E-state index in [1.807, 2.05) is 17.7 Å². The predicted octanol–water partition coefficient (Wildman–Crippen LogP) is 1.19. The first-order chi connectivity index (χ1) is 8.75. The van der Waals surface area contributed by atoms with Gasteiger partial charge < -0.3 is 8.98 Å². The highest BCUT2D eigenvalue weighted by Gasteiger charge is 2.09. The Balaban J connectivity index is 1.93. The van der Waals surface area contributed by atoms with Gasteiger partial charge in [0, 0.05) is 31.7 Å². The number of aromatic nitrogens is 4. The summed E-state index contributed by atoms with van der Waals surface area (Å²) >= 11 is 0. The molecule has 0 fully saturated rings. The fraction of sp³-hybridized carbons (Fsp3) is 0.250. The van der Waals surface area contributed by atoms with Crippen LogP contribution in [0.15, 0.2) is 39.9 Å². The third-order valence-corrected chi connectivity index (χ3v) is 2.91. The summed E-state index contributed by atoms with van der Waals surface area (Å²) in [6, 6.07) is 3.48. The lowest BCUT2D eigenvalue weighted by Gasteiger charge is -2.04. The van der Waals surface area contributed by atoms with Gasteiger partial charge in [0.15, 0.2) is 11.2 Å². The van der Waals surface area contributed by atoms with Crippen LogP contribution in [0.4, 0.5) is 0 Å². The first kappa shape index (κ1) is 10.8. The molecule has 0 aliphatic rings. The predicted molar refractivity (Wildman–Crippen MR) is 65.2 cm³/mol. The van der Waals surface area contributed by atoms with Crippen molar-refractivity contribution >= 4 is 11.2 Å². The van der Waals surface area contributed by atoms with E-state index >= 15 is 0 Å². The van der Waals surface area contributed by atoms with Crippen LogP contribution in [0.1, 0.15) is 5.82 Å². The lowest BCUT2D eigenvalue weighted by molar-refractivity contribution is 0.481. The van der Waals surface area contributed by atoms with E-state index < -0.39 is 0 Å². The molecule has 0 aliphatic carbocycles. The molecule has 0 aliphatic heterocycles. The maximum Gasteiger partial charge on any atom is 0.421 e. The smallest absolute Gasteiger partial charge is 0.406 e. The Morgan fingerprint density at radius 1 is 1.28 bits per heavy atom. The molecule has 92 valence electrons. The Morgan fingerprint density at radius 2 is 2.17 bits per heavy atom. The highest BCUT2D eigenvalue weighted by atomic mass is 16.4. The van der Waals surface area contributed by atoms with Gasteiger partial charge in [-0.25, -0.2) is 14.8 Å². The molecule has 0 radical (unpaired) electrons. The van der Waals surface area contributed by atoms with Gasteiger partial charge in [-0.3, -0.25) is 4.57 Å². The minimum Gasteiger partial charge on any atom is -0.406 e. The molecule has 18 heavy (non-hydrogen) atoms. The van der Waals surface area contributed by atoms with Gasteiger partial charge in [0.2, 0.25) is 0 Å². The monoisotopic (exact) mass is 244 g/mol. The van der Waals surface area contributed by atoms with E-state index in [0.29, 0.717) is 24.3 Å². The molecule has 6 nitrogen and oxygen atoms in total. The van der Waals surface area contributed by atoms with Gasteiger partial charge in [0.25, 0.3) is 0 Å². The first-order valence-corrected chi connectivity index (χ1v) is 5.68. The van der Waals surface area contributed by atoms with Crippen molar-refractivity contribution in [1.82, 2.24) is 19.1 Å². The quantitative estimate of drug-likeness (QED) is 0.694. The molecule has 3 heterocycles. The Labute approximate surface area is 103 Å². The van der Waals surface area contributed by atoms with Crippen LogP contribution in [0.2, 0.25) is 0 Å². The molecule has 0 unspecified atom stereocenters. The van der Waals surface area contributed by atoms with Crippen molar-refractivity contribution in [3.63, 3.8) is 0 Å². The molecule has 0 aromatic carbocycles. The van der Waals surface area contributed by atoms with E-state index in [2.05, 4.69) is 9.97 Å². The van der Waals surface area contributed by atoms with E-state index in [1.54, 1.807) is 24.5 Å². The number of hydrogen-bond donors (Lipinski definition) is 0. The summed E-state index contributed by atoms with van der Waals surface area (Å²) in [6.07, 6.45) is 5.27. The highest BCUT2D eigenvalue weighted by Crippen LogP contribution is 2.08. The summed E-state index contributed by atoms with van der Waals surface area (Å²) in [5, 5.41) is 0. The lowest BCUT2D eigenvalue weighted by atomic mass is 10.4. The standard InChI is InChI=1S/C12H12N4O2/c1-9-13-5-6-15(9)7-8-16-11-10(18-12(16)17)3-2-4-14-11/h2-6H,7-8H2,1H3. The Kier molecular flexibility index (Phi) is 2.47. The minimum atomic E-state index is -0.374. The van der Waals surface area contributed by atoms with Gasteiger partial charge in [-0.05, 0) is 19.1 Å². The molecule has 6 heteroatoms. The minimum absolute atomic E-state index is 0.374. The molecular formula is C12H12N4O2. The van der Waals surface area contributed by atoms with Crippen LogP contribution in [0.5, 0.6) is 0 Å². The molecule has 3 aromatic rings. The molecule has 0 spiro atoms. The topological polar surface area (TPSA) is 65.8 Å². The fourth-order valence-corrected chi connectivity index (χ4v) is 1.95. The van der Waals surface area contributed by atoms with Crippen LogP contribution in [0.25, 0.3) is 11.2 Å². The summed E-state index contributed by atoms with van der Waals surface area (Å²) in [6.45, 7) is 3.10. The van der Waals surface area contributed by atoms with Crippen molar-refractivity contribution in [3.8, 4) is 0 Å². The van der Waals surface area contributed by atoms with E-state index in [1.165, 1.54) is 4.57 Å². The van der Waals surface area contributed by atoms with Crippen LogP contribution in [0, 0.1) is 6.92 Å². The van der Waals surface area contributed by atoms with Crippen LogP contribution in [-0.4, -0.2) is 19.1 Å². The first-order valence-electron chi connectivity index (χ1n) is 5.68. The van der Waals surface area contributed by atoms with E-state index in [9.17, 15) is 4.79 Å². The number of imidazole rings is 1. The van der Waals surface area contributed by atoms with Gasteiger partial charge >= 0.3 is 5.76 Å². The van der Waals surface area contributed by atoms with E-state index in [-0.39, 0.29) is 5.76 Å². The van der Waals surface area contributed by atoms with Crippen LogP contribution >= 0.6 is 0 Å². The molecule has 0 amide bonds. The zero-order valence-electron chi connectivity index (χ0n) is 9.91. The van der Waals surface area contributed by atoms with Gasteiger partial charge in [-0.2, -0.15) is 0 Å². The Hall–Kier alpha value is -2.37. The van der Waals surface area contributed by atoms with Gasteiger partial charge in [0.1, 0.15) is 5.82 Å². The number of nitrogens with zero attached hydrogens (tertiary/aromatic N) is 4. The summed E-state index contributed by atoms with van der Waals surface area (Å²) < 4.78 is 8.64. The molecule has 3 aromatic heterocycles. The van der Waals surface area contributed by atoms with E-state index in [4.69, 9.17) is 4.42 Å². The van der Waals surface area contributed by atoms with Crippen LogP contribution < -0.4 is 5.76 Å². The van der Waals surface area contributed by atoms with Crippen molar-refractivity contribution in [3.05, 3.63) is 47.1 Å². The summed E-state index contributed by atoms with van der Waals surface area (Å²) in [4.78, 5) is 20.0. The SMILES string of the molecule is Cc1nccn1CCn1c(=O)oc2cccnc21. The van der Waals surface area contributed by atoms with E-state index in [0.717, 1.165) is 5.82 Å². The third-order valence-electron chi connectivity index (χ3n) is 2.91. The highest BCUT2D eigenvalue weighted by molar-refractivity contribution is 5.67. The number of fused-ring (bicyclic) bond motifs is 1. The van der Waals surface area contributed by atoms with Crippen LogP contribution in [0.3, 0.4) is 0 Å². The van der Waals surface area contributed by atoms with Crippen molar-refractivity contribution in [2.45, 2.75) is 20.0 Å². The van der Waals surface area contributed by atoms with Gasteiger partial charge in [-0.15, -0.1) is 0 Å². The summed E-state index contributed by atoms with van der Waals surface area (Å²) in [7, 11) is 0. The Morgan fingerprint density at radius 3 is 2.94 bits per heavy atom. The molecule has 3 rings (SSSR count). The second kappa shape index (κ2) is 4.14. The Bertz CT molecular complexity index is 738. The fourth-order valence-electron chi connectivity index (χ4n) is 1.95. The lowest BCUT2D eigenvalue weighted by Crippen LogP contribution is -2.18. The van der Waals surface area contributed by atoms with Crippen molar-refractivity contribution in [2.75, 3.05) is 0 Å². The third kappa shape index (κ3) is 1.71. The molecule has 0 N–H and O–H groups in total. The maximum absolute atomic E-state index is 11.7. The van der Waals surface area contributed by atoms with Crippen molar-refractivity contribution in [1.29, 1.82) is 0 Å². The summed E-state index contributed by atoms with van der Waals surface area (Å²) in [5.41, 5.74) is 1.10. The number of hydrogen-bond acceptors (Lipinski definition) is 4. The average Bonchev–Trinajstić information content (AvgIpc) is 2.90. The summed E-state index contributed by atoms with van der Waals surface area (Å²) in [5.74, 6) is 0.547. The number of pyridine rings is 1. The second-order valence-corrected chi connectivity index (χ2v) is 4.01. The second-order valence-electron chi connectivity index (χ2n) is 4.01. The molecule has 0 bridgehead atoms. The number of aryl methyl sites for hydroxylation is 3. The molecule has 0 saturated carbocycles. The van der Waals surface area contributed by atoms with Crippen LogP contribution in [-0.2, 0) is 13.1 Å². The molecular weight excluding hydrogens is 232 g/mol. The van der Waals surface area contributed by atoms with Gasteiger partial charge in [-0.1, -0.05) is 0 Å². The molecule has 0 atom stereocenters. The zero-order valence-corrected chi connectivity index (χ0v) is 9.91. The number of rotatable bonds is 3. The largest absolute Gasteiger partial charge is 0.421 e. The molecule has 0 saturated heterocycles. The number of oxazole rings is 1.